The number of benzene rings is 2. The number of carbonyl (C=O) groups excluding carboxylic acids is 1. The summed E-state index contributed by atoms with van der Waals surface area (Å²) in [6.45, 7) is 0.728. The molecule has 0 radical (unpaired) electrons. The van der Waals surface area contributed by atoms with Crippen molar-refractivity contribution in [2.45, 2.75) is 6.42 Å². The second-order valence-electron chi connectivity index (χ2n) is 6.79. The van der Waals surface area contributed by atoms with Crippen LogP contribution in [0.3, 0.4) is 0 Å². The van der Waals surface area contributed by atoms with E-state index in [1.54, 1.807) is 25.6 Å². The molecule has 2 N–H and O–H groups in total. The van der Waals surface area contributed by atoms with Crippen LogP contribution < -0.4 is 15.4 Å². The lowest BCUT2D eigenvalue weighted by molar-refractivity contribution is 0.102. The van der Waals surface area contributed by atoms with Crippen molar-refractivity contribution in [3.8, 4) is 5.75 Å². The number of fused-ring (bicyclic) bond motifs is 1. The van der Waals surface area contributed by atoms with Crippen LogP contribution in [0.5, 0.6) is 5.75 Å². The molecule has 2 aromatic heterocycles. The number of anilines is 2. The standard InChI is InChI=1S/C24H22N4O2/c1-30-20-8-2-5-17(15-20)10-13-25-19-11-14-26-22(16-19)24(29)28-21-9-3-6-18-7-4-12-27-23(18)21/h2-9,11-12,14-16H,10,13H2,1H3,(H,25,26)(H,28,29). The lowest BCUT2D eigenvalue weighted by atomic mass is 10.1. The maximum absolute atomic E-state index is 12.7. The first-order chi connectivity index (χ1) is 14.7. The minimum Gasteiger partial charge on any atom is -0.497 e. The van der Waals surface area contributed by atoms with Crippen LogP contribution in [0, 0.1) is 0 Å². The Labute approximate surface area is 175 Å². The Bertz CT molecular complexity index is 1170. The number of methoxy groups -OCH3 is 1. The Morgan fingerprint density at radius 3 is 2.73 bits per heavy atom. The molecule has 30 heavy (non-hydrogen) atoms. The summed E-state index contributed by atoms with van der Waals surface area (Å²) in [6, 6.07) is 21.1. The van der Waals surface area contributed by atoms with Crippen molar-refractivity contribution < 1.29 is 9.53 Å². The summed E-state index contributed by atoms with van der Waals surface area (Å²) in [6.07, 6.45) is 4.18. The molecule has 0 aliphatic carbocycles. The van der Waals surface area contributed by atoms with E-state index in [0.717, 1.165) is 35.3 Å². The number of nitrogens with one attached hydrogen (secondary N) is 2. The molecule has 150 valence electrons. The van der Waals surface area contributed by atoms with Crippen LogP contribution in [0.4, 0.5) is 11.4 Å². The fourth-order valence-electron chi connectivity index (χ4n) is 3.24. The van der Waals surface area contributed by atoms with Gasteiger partial charge in [-0.1, -0.05) is 30.3 Å². The predicted molar refractivity (Wildman–Crippen MR) is 119 cm³/mol. The van der Waals surface area contributed by atoms with Crippen LogP contribution in [0.15, 0.2) is 79.1 Å². The summed E-state index contributed by atoms with van der Waals surface area (Å²) in [5.41, 5.74) is 3.78. The largest absolute Gasteiger partial charge is 0.497 e. The van der Waals surface area contributed by atoms with Gasteiger partial charge in [-0.25, -0.2) is 0 Å². The van der Waals surface area contributed by atoms with Crippen LogP contribution in [0.2, 0.25) is 0 Å². The number of aromatic nitrogens is 2. The molecule has 6 heteroatoms. The molecule has 1 amide bonds. The van der Waals surface area contributed by atoms with E-state index in [1.807, 2.05) is 54.6 Å². The van der Waals surface area contributed by atoms with Crippen molar-refractivity contribution >= 4 is 28.2 Å². The van der Waals surface area contributed by atoms with Gasteiger partial charge in [0.05, 0.1) is 18.3 Å². The average Bonchev–Trinajstić information content (AvgIpc) is 2.80. The first-order valence-corrected chi connectivity index (χ1v) is 9.71. The number of amides is 1. The predicted octanol–water partition coefficient (Wildman–Crippen LogP) is 4.55. The first-order valence-electron chi connectivity index (χ1n) is 9.71. The van der Waals surface area contributed by atoms with Crippen molar-refractivity contribution in [2.75, 3.05) is 24.3 Å². The number of pyridine rings is 2. The van der Waals surface area contributed by atoms with Gasteiger partial charge in [0.2, 0.25) is 0 Å². The van der Waals surface area contributed by atoms with Gasteiger partial charge < -0.3 is 15.4 Å². The van der Waals surface area contributed by atoms with Crippen molar-refractivity contribution in [2.24, 2.45) is 0 Å². The van der Waals surface area contributed by atoms with E-state index in [1.165, 1.54) is 5.56 Å². The molecular formula is C24H22N4O2. The number of nitrogens with zero attached hydrogens (tertiary/aromatic N) is 2. The molecule has 0 saturated carbocycles. The van der Waals surface area contributed by atoms with Gasteiger partial charge >= 0.3 is 0 Å². The molecule has 0 aliphatic heterocycles. The average molecular weight is 398 g/mol. The fourth-order valence-corrected chi connectivity index (χ4v) is 3.24. The van der Waals surface area contributed by atoms with Crippen molar-refractivity contribution in [3.63, 3.8) is 0 Å². The zero-order chi connectivity index (χ0) is 20.8. The van der Waals surface area contributed by atoms with Crippen LogP contribution in [0.25, 0.3) is 10.9 Å². The highest BCUT2D eigenvalue weighted by Crippen LogP contribution is 2.21. The van der Waals surface area contributed by atoms with Gasteiger partial charge in [0, 0.05) is 30.0 Å². The van der Waals surface area contributed by atoms with Crippen LogP contribution in [0.1, 0.15) is 16.1 Å². The quantitative estimate of drug-likeness (QED) is 0.478. The Morgan fingerprint density at radius 1 is 0.967 bits per heavy atom. The third-order valence-corrected chi connectivity index (χ3v) is 4.75. The smallest absolute Gasteiger partial charge is 0.274 e. The first kappa shape index (κ1) is 19.4. The molecule has 0 saturated heterocycles. The summed E-state index contributed by atoms with van der Waals surface area (Å²) in [7, 11) is 1.66. The summed E-state index contributed by atoms with van der Waals surface area (Å²) in [5, 5.41) is 7.23. The molecular weight excluding hydrogens is 376 g/mol. The monoisotopic (exact) mass is 398 g/mol. The molecule has 4 rings (SSSR count). The Hall–Kier alpha value is -3.93. The van der Waals surface area contributed by atoms with E-state index < -0.39 is 0 Å². The highest BCUT2D eigenvalue weighted by atomic mass is 16.5. The van der Waals surface area contributed by atoms with Gasteiger partial charge in [-0.05, 0) is 48.4 Å². The van der Waals surface area contributed by atoms with E-state index in [2.05, 4.69) is 26.7 Å². The van der Waals surface area contributed by atoms with Gasteiger partial charge in [0.15, 0.2) is 0 Å². The summed E-state index contributed by atoms with van der Waals surface area (Å²) < 4.78 is 5.26. The maximum Gasteiger partial charge on any atom is 0.274 e. The number of ether oxygens (including phenoxy) is 1. The SMILES string of the molecule is COc1cccc(CCNc2ccnc(C(=O)Nc3cccc4cccnc34)c2)c1. The van der Waals surface area contributed by atoms with Gasteiger partial charge in [-0.3, -0.25) is 14.8 Å². The van der Waals surface area contributed by atoms with E-state index in [0.29, 0.717) is 11.4 Å². The number of hydrogen-bond donors (Lipinski definition) is 2. The highest BCUT2D eigenvalue weighted by molar-refractivity contribution is 6.07. The lowest BCUT2D eigenvalue weighted by Gasteiger charge is -2.10. The van der Waals surface area contributed by atoms with Gasteiger partial charge in [-0.2, -0.15) is 0 Å². The van der Waals surface area contributed by atoms with Gasteiger partial charge in [-0.15, -0.1) is 0 Å². The molecule has 0 bridgehead atoms. The molecule has 0 spiro atoms. The highest BCUT2D eigenvalue weighted by Gasteiger charge is 2.11. The van der Waals surface area contributed by atoms with Crippen LogP contribution >= 0.6 is 0 Å². The molecule has 0 atom stereocenters. The normalized spacial score (nSPS) is 10.6. The summed E-state index contributed by atoms with van der Waals surface area (Å²) in [5.74, 6) is 0.572. The van der Waals surface area contributed by atoms with E-state index in [-0.39, 0.29) is 5.91 Å². The molecule has 2 aromatic carbocycles. The molecule has 0 unspecified atom stereocenters. The zero-order valence-electron chi connectivity index (χ0n) is 16.6. The second kappa shape index (κ2) is 9.05. The molecule has 0 aliphatic rings. The Kier molecular flexibility index (Phi) is 5.85. The van der Waals surface area contributed by atoms with Gasteiger partial charge in [0.25, 0.3) is 5.91 Å². The third-order valence-electron chi connectivity index (χ3n) is 4.75. The zero-order valence-corrected chi connectivity index (χ0v) is 16.6. The molecule has 6 nitrogen and oxygen atoms in total. The maximum atomic E-state index is 12.7. The topological polar surface area (TPSA) is 76.1 Å². The lowest BCUT2D eigenvalue weighted by Crippen LogP contribution is -2.15. The van der Waals surface area contributed by atoms with Crippen molar-refractivity contribution in [3.05, 3.63) is 90.4 Å². The minimum absolute atomic E-state index is 0.274. The molecule has 0 fully saturated rings. The van der Waals surface area contributed by atoms with E-state index in [9.17, 15) is 4.79 Å². The minimum atomic E-state index is -0.274. The number of para-hydroxylation sites is 1. The van der Waals surface area contributed by atoms with Crippen molar-refractivity contribution in [1.82, 2.24) is 9.97 Å². The fraction of sp³-hybridized carbons (Fsp3) is 0.125. The number of hydrogen-bond acceptors (Lipinski definition) is 5. The van der Waals surface area contributed by atoms with Crippen LogP contribution in [-0.4, -0.2) is 29.5 Å². The van der Waals surface area contributed by atoms with E-state index >= 15 is 0 Å². The van der Waals surface area contributed by atoms with E-state index in [4.69, 9.17) is 4.74 Å². The Balaban J connectivity index is 1.41. The number of carbonyl (C=O) groups is 1. The summed E-state index contributed by atoms with van der Waals surface area (Å²) in [4.78, 5) is 21.3. The Morgan fingerprint density at radius 2 is 1.83 bits per heavy atom. The summed E-state index contributed by atoms with van der Waals surface area (Å²) >= 11 is 0. The van der Waals surface area contributed by atoms with Crippen LogP contribution in [-0.2, 0) is 6.42 Å². The van der Waals surface area contributed by atoms with Crippen molar-refractivity contribution in [1.29, 1.82) is 0 Å². The molecule has 4 aromatic rings. The van der Waals surface area contributed by atoms with Gasteiger partial charge in [0.1, 0.15) is 11.4 Å². The second-order valence-corrected chi connectivity index (χ2v) is 6.79. The molecule has 2 heterocycles. The number of rotatable bonds is 7. The third kappa shape index (κ3) is 4.55.